The molecule has 0 radical (unpaired) electrons. The fourth-order valence-corrected chi connectivity index (χ4v) is 4.32. The smallest absolute Gasteiger partial charge is 0.238 e. The Labute approximate surface area is 186 Å². The average molecular weight is 456 g/mol. The first-order valence-electron chi connectivity index (χ1n) is 9.71. The molecule has 0 spiro atoms. The van der Waals surface area contributed by atoms with E-state index in [1.165, 1.54) is 12.1 Å². The molecule has 1 aliphatic rings. The van der Waals surface area contributed by atoms with Crippen LogP contribution >= 0.6 is 11.6 Å². The maximum absolute atomic E-state index is 11.6. The van der Waals surface area contributed by atoms with Gasteiger partial charge in [0.1, 0.15) is 5.84 Å². The fourth-order valence-electron chi connectivity index (χ4n) is 3.68. The van der Waals surface area contributed by atoms with E-state index in [-0.39, 0.29) is 17.4 Å². The molecule has 0 fully saturated rings. The van der Waals surface area contributed by atoms with E-state index in [0.717, 1.165) is 11.3 Å². The van der Waals surface area contributed by atoms with E-state index in [1.807, 2.05) is 54.3 Å². The van der Waals surface area contributed by atoms with Crippen LogP contribution in [0.5, 0.6) is 0 Å². The maximum atomic E-state index is 11.6. The lowest BCUT2D eigenvalue weighted by Crippen LogP contribution is -2.40. The number of rotatable bonds is 5. The molecule has 31 heavy (non-hydrogen) atoms. The lowest BCUT2D eigenvalue weighted by molar-refractivity contribution is 0.0431. The third kappa shape index (κ3) is 4.36. The van der Waals surface area contributed by atoms with Gasteiger partial charge >= 0.3 is 0 Å². The maximum Gasteiger partial charge on any atom is 0.238 e. The van der Waals surface area contributed by atoms with Crippen LogP contribution in [-0.2, 0) is 10.0 Å². The zero-order chi connectivity index (χ0) is 22.2. The van der Waals surface area contributed by atoms with Crippen LogP contribution in [0, 0.1) is 0 Å². The van der Waals surface area contributed by atoms with Gasteiger partial charge in [-0.15, -0.1) is 0 Å². The van der Waals surface area contributed by atoms with E-state index in [1.54, 1.807) is 24.3 Å². The Hall–Kier alpha value is -2.71. The molecule has 0 aliphatic carbocycles. The molecular weight excluding hydrogens is 434 g/mol. The van der Waals surface area contributed by atoms with Crippen LogP contribution in [0.1, 0.15) is 24.0 Å². The predicted molar refractivity (Wildman–Crippen MR) is 123 cm³/mol. The van der Waals surface area contributed by atoms with E-state index < -0.39 is 15.7 Å². The van der Waals surface area contributed by atoms with Gasteiger partial charge < -0.3 is 10.0 Å². The summed E-state index contributed by atoms with van der Waals surface area (Å²) in [4.78, 5) is 6.64. The number of amidine groups is 1. The van der Waals surface area contributed by atoms with Crippen LogP contribution in [-0.4, -0.2) is 31.6 Å². The number of nitrogens with two attached hydrogens (primary N) is 1. The number of anilines is 1. The molecule has 2 atom stereocenters. The molecule has 6 nitrogen and oxygen atoms in total. The molecule has 3 aromatic rings. The highest BCUT2D eigenvalue weighted by Crippen LogP contribution is 2.37. The molecule has 8 heteroatoms. The number of aliphatic imine (C=N–C) groups is 1. The molecule has 0 saturated heterocycles. The molecule has 0 saturated carbocycles. The Kier molecular flexibility index (Phi) is 5.61. The van der Waals surface area contributed by atoms with Gasteiger partial charge in [0.05, 0.1) is 11.4 Å². The zero-order valence-electron chi connectivity index (χ0n) is 16.8. The monoisotopic (exact) mass is 455 g/mol. The van der Waals surface area contributed by atoms with Crippen LogP contribution in [0.3, 0.4) is 0 Å². The quantitative estimate of drug-likeness (QED) is 0.612. The van der Waals surface area contributed by atoms with Crippen molar-refractivity contribution in [3.8, 4) is 0 Å². The summed E-state index contributed by atoms with van der Waals surface area (Å²) < 4.78 is 23.2. The molecule has 4 rings (SSSR count). The van der Waals surface area contributed by atoms with Crippen molar-refractivity contribution in [2.45, 2.75) is 23.5 Å². The molecule has 1 heterocycles. The second kappa shape index (κ2) is 8.09. The van der Waals surface area contributed by atoms with Crippen molar-refractivity contribution in [3.05, 3.63) is 95.0 Å². The summed E-state index contributed by atoms with van der Waals surface area (Å²) in [5.41, 5.74) is 1.07. The molecule has 0 aromatic heterocycles. The van der Waals surface area contributed by atoms with E-state index >= 15 is 0 Å². The number of hydrogen-bond donors (Lipinski definition) is 2. The highest BCUT2D eigenvalue weighted by atomic mass is 35.5. The summed E-state index contributed by atoms with van der Waals surface area (Å²) in [6.07, 6.45) is 0. The van der Waals surface area contributed by atoms with E-state index in [9.17, 15) is 13.5 Å². The van der Waals surface area contributed by atoms with Gasteiger partial charge in [0.25, 0.3) is 0 Å². The van der Waals surface area contributed by atoms with E-state index in [4.69, 9.17) is 21.7 Å². The lowest BCUT2D eigenvalue weighted by Gasteiger charge is -2.29. The molecule has 2 unspecified atom stereocenters. The fraction of sp³-hybridized carbons (Fsp3) is 0.174. The molecule has 160 valence electrons. The average Bonchev–Trinajstić information content (AvgIpc) is 3.13. The SMILES string of the molecule is CC(c1ccccc1)C1(O)CN(c2ccc(Cl)cc2)C(c2ccc(S(N)(=O)=O)cc2)=N1. The summed E-state index contributed by atoms with van der Waals surface area (Å²) in [5.74, 6) is 0.262. The molecule has 0 bridgehead atoms. The molecule has 0 amide bonds. The molecule has 3 aromatic carbocycles. The van der Waals surface area contributed by atoms with Crippen molar-refractivity contribution in [1.82, 2.24) is 0 Å². The van der Waals surface area contributed by atoms with Gasteiger partial charge in [-0.05, 0) is 54.1 Å². The Balaban J connectivity index is 1.78. The number of sulfonamides is 1. The predicted octanol–water partition coefficient (Wildman–Crippen LogP) is 3.75. The first-order chi connectivity index (χ1) is 14.7. The minimum Gasteiger partial charge on any atom is -0.367 e. The van der Waals surface area contributed by atoms with Gasteiger partial charge in [-0.1, -0.05) is 48.9 Å². The van der Waals surface area contributed by atoms with Crippen LogP contribution < -0.4 is 10.0 Å². The Bertz CT molecular complexity index is 1210. The second-order valence-electron chi connectivity index (χ2n) is 7.58. The lowest BCUT2D eigenvalue weighted by atomic mass is 9.90. The topological polar surface area (TPSA) is 96.0 Å². The molecule has 3 N–H and O–H groups in total. The van der Waals surface area contributed by atoms with Gasteiger partial charge in [0, 0.05) is 22.2 Å². The van der Waals surface area contributed by atoms with Crippen molar-refractivity contribution < 1.29 is 13.5 Å². The minimum atomic E-state index is -3.80. The van der Waals surface area contributed by atoms with Gasteiger partial charge in [0.15, 0.2) is 5.72 Å². The summed E-state index contributed by atoms with van der Waals surface area (Å²) >= 11 is 6.05. The number of nitrogens with zero attached hydrogens (tertiary/aromatic N) is 2. The zero-order valence-corrected chi connectivity index (χ0v) is 18.4. The number of primary sulfonamides is 1. The van der Waals surface area contributed by atoms with Crippen molar-refractivity contribution >= 4 is 33.1 Å². The third-order valence-corrected chi connectivity index (χ3v) is 6.70. The first kappa shape index (κ1) is 21.5. The normalized spacial score (nSPS) is 19.9. The van der Waals surface area contributed by atoms with Crippen LogP contribution in [0.2, 0.25) is 5.02 Å². The first-order valence-corrected chi connectivity index (χ1v) is 11.6. The second-order valence-corrected chi connectivity index (χ2v) is 9.58. The van der Waals surface area contributed by atoms with Crippen LogP contribution in [0.4, 0.5) is 5.69 Å². The van der Waals surface area contributed by atoms with Gasteiger partial charge in [-0.2, -0.15) is 0 Å². The van der Waals surface area contributed by atoms with E-state index in [2.05, 4.69) is 0 Å². The van der Waals surface area contributed by atoms with Gasteiger partial charge in [0.2, 0.25) is 10.0 Å². The van der Waals surface area contributed by atoms with E-state index in [0.29, 0.717) is 16.4 Å². The highest BCUT2D eigenvalue weighted by Gasteiger charge is 2.43. The third-order valence-electron chi connectivity index (χ3n) is 5.52. The van der Waals surface area contributed by atoms with Crippen molar-refractivity contribution in [2.24, 2.45) is 10.1 Å². The Morgan fingerprint density at radius 2 is 1.65 bits per heavy atom. The van der Waals surface area contributed by atoms with Crippen molar-refractivity contribution in [3.63, 3.8) is 0 Å². The Morgan fingerprint density at radius 1 is 1.03 bits per heavy atom. The van der Waals surface area contributed by atoms with Crippen molar-refractivity contribution in [2.75, 3.05) is 11.4 Å². The number of hydrogen-bond acceptors (Lipinski definition) is 5. The Morgan fingerprint density at radius 3 is 2.23 bits per heavy atom. The highest BCUT2D eigenvalue weighted by molar-refractivity contribution is 7.89. The molecular formula is C23H22ClN3O3S. The van der Waals surface area contributed by atoms with Crippen LogP contribution in [0.15, 0.2) is 88.8 Å². The summed E-state index contributed by atoms with van der Waals surface area (Å²) in [5, 5.41) is 17.4. The van der Waals surface area contributed by atoms with Gasteiger partial charge in [-0.25, -0.2) is 18.5 Å². The summed E-state index contributed by atoms with van der Waals surface area (Å²) in [6, 6.07) is 23.1. The number of aliphatic hydroxyl groups is 1. The summed E-state index contributed by atoms with van der Waals surface area (Å²) in [6.45, 7) is 2.17. The van der Waals surface area contributed by atoms with Crippen molar-refractivity contribution in [1.29, 1.82) is 0 Å². The largest absolute Gasteiger partial charge is 0.367 e. The standard InChI is InChI=1S/C23H22ClN3O3S/c1-16(17-5-3-2-4-6-17)23(28)15-27(20-11-9-19(24)10-12-20)22(26-23)18-7-13-21(14-8-18)31(25,29)30/h2-14,16,28H,15H2,1H3,(H2,25,29,30). The summed E-state index contributed by atoms with van der Waals surface area (Å²) in [7, 11) is -3.80. The van der Waals surface area contributed by atoms with Gasteiger partial charge in [-0.3, -0.25) is 0 Å². The molecule has 1 aliphatic heterocycles. The number of benzene rings is 3. The van der Waals surface area contributed by atoms with Crippen LogP contribution in [0.25, 0.3) is 0 Å². The minimum absolute atomic E-state index is 0.0146. The number of halogens is 1. The number of β-amino-alcohol motifs (C(OH)–C–C–N with tert-alkyl or cyclic N) is 1.